The molecule has 64 heavy (non-hydrogen) atoms. The third kappa shape index (κ3) is 17.5. The topological polar surface area (TPSA) is 216 Å². The zero-order chi connectivity index (χ0) is 46.4. The molecule has 1 N–H and O–H groups in total. The molecule has 2 aromatic rings. The second kappa shape index (κ2) is 27.4. The van der Waals surface area contributed by atoms with E-state index < -0.39 is 97.7 Å². The quantitative estimate of drug-likeness (QED) is 0.0877. The van der Waals surface area contributed by atoms with Gasteiger partial charge in [0.1, 0.15) is 24.4 Å². The van der Waals surface area contributed by atoms with Crippen LogP contribution in [0, 0.1) is 0 Å². The molecule has 2 aromatic carbocycles. The number of esters is 5. The number of benzene rings is 2. The maximum absolute atomic E-state index is 13.0. The van der Waals surface area contributed by atoms with Gasteiger partial charge in [-0.25, -0.2) is 0 Å². The molecule has 18 nitrogen and oxygen atoms in total. The van der Waals surface area contributed by atoms with Crippen LogP contribution >= 0.6 is 0 Å². The number of carbonyl (C=O) groups excluding carboxylic acids is 6. The van der Waals surface area contributed by atoms with E-state index in [2.05, 4.69) is 5.32 Å². The first kappa shape index (κ1) is 51.7. The summed E-state index contributed by atoms with van der Waals surface area (Å²) in [6.45, 7) is 5.72. The van der Waals surface area contributed by atoms with Gasteiger partial charge in [0.25, 0.3) is 0 Å². The van der Waals surface area contributed by atoms with Gasteiger partial charge >= 0.3 is 29.8 Å². The van der Waals surface area contributed by atoms with Gasteiger partial charge in [-0.3, -0.25) is 28.8 Å². The average molecular weight is 902 g/mol. The highest BCUT2D eigenvalue weighted by atomic mass is 16.8. The minimum atomic E-state index is -1.62. The number of nitrogens with one attached hydrogen (secondary N) is 1. The van der Waals surface area contributed by atoms with Gasteiger partial charge in [-0.15, -0.1) is 0 Å². The Labute approximate surface area is 374 Å². The molecule has 10 atom stereocenters. The molecule has 2 aliphatic heterocycles. The van der Waals surface area contributed by atoms with Gasteiger partial charge in [-0.1, -0.05) is 86.3 Å². The highest BCUT2D eigenvalue weighted by molar-refractivity contribution is 5.73. The van der Waals surface area contributed by atoms with Crippen molar-refractivity contribution in [2.24, 2.45) is 0 Å². The molecule has 0 saturated carbocycles. The summed E-state index contributed by atoms with van der Waals surface area (Å²) < 4.78 is 66.2. The lowest BCUT2D eigenvalue weighted by atomic mass is 9.95. The number of carbonyl (C=O) groups is 6. The normalized spacial score (nSPS) is 25.5. The van der Waals surface area contributed by atoms with Crippen molar-refractivity contribution in [3.05, 3.63) is 71.8 Å². The fraction of sp³-hybridized carbons (Fsp3) is 0.609. The first-order valence-electron chi connectivity index (χ1n) is 21.6. The van der Waals surface area contributed by atoms with Crippen molar-refractivity contribution in [1.82, 2.24) is 5.32 Å². The lowest BCUT2D eigenvalue weighted by Crippen LogP contribution is -2.67. The van der Waals surface area contributed by atoms with Gasteiger partial charge in [0.2, 0.25) is 5.91 Å². The number of hydrogen-bond donors (Lipinski definition) is 1. The molecule has 2 aliphatic rings. The van der Waals surface area contributed by atoms with Crippen molar-refractivity contribution in [3.63, 3.8) is 0 Å². The fourth-order valence-electron chi connectivity index (χ4n) is 7.44. The van der Waals surface area contributed by atoms with E-state index in [1.54, 1.807) is 0 Å². The zero-order valence-corrected chi connectivity index (χ0v) is 37.5. The number of unbranched alkanes of at least 4 members (excludes halogenated alkanes) is 5. The molecule has 0 aliphatic carbocycles. The summed E-state index contributed by atoms with van der Waals surface area (Å²) in [6.07, 6.45) is -6.74. The first-order valence-corrected chi connectivity index (χ1v) is 21.6. The van der Waals surface area contributed by atoms with Crippen LogP contribution in [0.4, 0.5) is 0 Å². The molecule has 0 radical (unpaired) electrons. The van der Waals surface area contributed by atoms with Gasteiger partial charge in [-0.05, 0) is 24.0 Å². The second-order valence-corrected chi connectivity index (χ2v) is 15.5. The Balaban J connectivity index is 1.72. The van der Waals surface area contributed by atoms with Gasteiger partial charge in [0, 0.05) is 47.6 Å². The molecule has 2 fully saturated rings. The van der Waals surface area contributed by atoms with Crippen LogP contribution in [0.3, 0.4) is 0 Å². The van der Waals surface area contributed by atoms with Crippen LogP contribution in [0.5, 0.6) is 0 Å². The number of hydrogen-bond acceptors (Lipinski definition) is 17. The molecule has 0 spiro atoms. The van der Waals surface area contributed by atoms with Crippen LogP contribution in [0.15, 0.2) is 60.7 Å². The molecular formula is C46H63NO17. The molecule has 0 unspecified atom stereocenters. The van der Waals surface area contributed by atoms with Gasteiger partial charge in [0.05, 0.1) is 33.5 Å². The molecule has 18 heteroatoms. The first-order chi connectivity index (χ1) is 30.7. The van der Waals surface area contributed by atoms with E-state index in [1.165, 1.54) is 14.0 Å². The zero-order valence-electron chi connectivity index (χ0n) is 37.5. The Bertz CT molecular complexity index is 1760. The lowest BCUT2D eigenvalue weighted by molar-refractivity contribution is -0.324. The Morgan fingerprint density at radius 3 is 1.77 bits per heavy atom. The minimum absolute atomic E-state index is 0.0414. The van der Waals surface area contributed by atoms with Crippen molar-refractivity contribution in [1.29, 1.82) is 0 Å². The Kier molecular flexibility index (Phi) is 22.1. The number of methoxy groups -OCH3 is 1. The summed E-state index contributed by atoms with van der Waals surface area (Å²) in [4.78, 5) is 74.7. The molecule has 0 aromatic heterocycles. The summed E-state index contributed by atoms with van der Waals surface area (Å²) in [7, 11) is 1.38. The lowest BCUT2D eigenvalue weighted by Gasteiger charge is -2.47. The predicted molar refractivity (Wildman–Crippen MR) is 224 cm³/mol. The molecule has 2 saturated heterocycles. The van der Waals surface area contributed by atoms with E-state index in [9.17, 15) is 28.8 Å². The smallest absolute Gasteiger partial charge is 0.305 e. The number of ether oxygens (including phenoxy) is 11. The van der Waals surface area contributed by atoms with E-state index >= 15 is 0 Å². The molecule has 1 amide bonds. The Morgan fingerprint density at radius 2 is 1.17 bits per heavy atom. The summed E-state index contributed by atoms with van der Waals surface area (Å²) >= 11 is 0. The van der Waals surface area contributed by atoms with Gasteiger partial charge < -0.3 is 57.4 Å². The molecular weight excluding hydrogens is 838 g/mol. The van der Waals surface area contributed by atoms with Crippen LogP contribution in [0.1, 0.15) is 90.7 Å². The summed E-state index contributed by atoms with van der Waals surface area (Å²) in [5.74, 6) is -3.91. The molecule has 4 rings (SSSR count). The maximum atomic E-state index is 13.0. The Hall–Kier alpha value is -4.98. The molecule has 354 valence electrons. The van der Waals surface area contributed by atoms with Crippen molar-refractivity contribution in [3.8, 4) is 0 Å². The van der Waals surface area contributed by atoms with E-state index in [1.807, 2.05) is 60.7 Å². The summed E-state index contributed by atoms with van der Waals surface area (Å²) in [5, 5.41) is 2.94. The van der Waals surface area contributed by atoms with E-state index in [4.69, 9.17) is 52.1 Å². The van der Waals surface area contributed by atoms with Crippen LogP contribution in [-0.2, 0) is 94.1 Å². The van der Waals surface area contributed by atoms with Crippen LogP contribution in [0.25, 0.3) is 0 Å². The third-order valence-electron chi connectivity index (χ3n) is 10.2. The van der Waals surface area contributed by atoms with Crippen molar-refractivity contribution in [2.75, 3.05) is 26.9 Å². The van der Waals surface area contributed by atoms with Crippen molar-refractivity contribution < 1.29 is 80.9 Å². The monoisotopic (exact) mass is 901 g/mol. The molecule has 0 bridgehead atoms. The van der Waals surface area contributed by atoms with Crippen LogP contribution < -0.4 is 5.32 Å². The van der Waals surface area contributed by atoms with Crippen LogP contribution in [-0.4, -0.2) is 124 Å². The van der Waals surface area contributed by atoms with Gasteiger partial charge in [0.15, 0.2) is 37.0 Å². The fourth-order valence-corrected chi connectivity index (χ4v) is 7.44. The molecule has 2 heterocycles. The average Bonchev–Trinajstić information content (AvgIpc) is 3.36. The van der Waals surface area contributed by atoms with Crippen molar-refractivity contribution in [2.45, 2.75) is 154 Å². The SMILES string of the molecule is COC(=O)CCCCCCCCO[C@@H]1O[C@H](COCc2ccccc2)[C@@H](O[C@@H]2OC[C@@H](OC(C)=O)[C@H](OC(C)=O)[C@H](OC(C)=O)[C@H]2OC(C)=O)[C@H](OCc2ccccc2)[C@H]1NC(C)=O. The maximum Gasteiger partial charge on any atom is 0.305 e. The highest BCUT2D eigenvalue weighted by Gasteiger charge is 2.55. The predicted octanol–water partition coefficient (Wildman–Crippen LogP) is 4.41. The second-order valence-electron chi connectivity index (χ2n) is 15.5. The summed E-state index contributed by atoms with van der Waals surface area (Å²) in [5.41, 5.74) is 1.67. The number of rotatable bonds is 24. The standard InChI is InChI=1S/C46H63NO17/c1-29(48)47-39-42(57-26-35-21-15-12-16-22-35)40(64-46-44(62-33(5)52)43(61-32(4)51)41(60-31(3)50)37(28-58-46)59-30(2)49)36(27-55-25-34-19-13-11-14-20-34)63-45(39)56-24-18-10-8-7-9-17-23-38(53)54-6/h11-16,19-22,36-37,39-46H,7-10,17-18,23-28H2,1-6H3,(H,47,48)/t36-,37-,39-,40-,41+,42-,43+,44-,45-,46+/m1/s1. The minimum Gasteiger partial charge on any atom is -0.469 e. The van der Waals surface area contributed by atoms with Crippen molar-refractivity contribution >= 4 is 35.8 Å². The van der Waals surface area contributed by atoms with Gasteiger partial charge in [-0.2, -0.15) is 0 Å². The highest BCUT2D eigenvalue weighted by Crippen LogP contribution is 2.34. The van der Waals surface area contributed by atoms with E-state index in [0.717, 1.165) is 70.9 Å². The van der Waals surface area contributed by atoms with E-state index in [-0.39, 0.29) is 32.4 Å². The summed E-state index contributed by atoms with van der Waals surface area (Å²) in [6, 6.07) is 17.7. The number of amides is 1. The van der Waals surface area contributed by atoms with Crippen LogP contribution in [0.2, 0.25) is 0 Å². The van der Waals surface area contributed by atoms with E-state index in [0.29, 0.717) is 12.8 Å². The Morgan fingerprint density at radius 1 is 0.609 bits per heavy atom. The largest absolute Gasteiger partial charge is 0.469 e. The third-order valence-corrected chi connectivity index (χ3v) is 10.2.